The Morgan fingerprint density at radius 2 is 2.05 bits per heavy atom. The second-order valence-corrected chi connectivity index (χ2v) is 3.61. The molecule has 0 fully saturated rings. The molecule has 20 heavy (non-hydrogen) atoms. The monoisotopic (exact) mass is 297 g/mol. The Morgan fingerprint density at radius 3 is 2.55 bits per heavy atom. The van der Waals surface area contributed by atoms with Crippen LogP contribution in [-0.4, -0.2) is 23.9 Å². The molecular formula is C11H11F4NO4. The first-order valence-electron chi connectivity index (χ1n) is 5.49. The molecule has 0 unspecified atom stereocenters. The maximum atomic E-state index is 12.5. The van der Waals surface area contributed by atoms with Gasteiger partial charge in [-0.15, -0.1) is 13.2 Å². The van der Waals surface area contributed by atoms with Crippen LogP contribution in [0.2, 0.25) is 0 Å². The van der Waals surface area contributed by atoms with Crippen LogP contribution in [0.25, 0.3) is 0 Å². The standard InChI is InChI=1S/C11H11F4NO4/c1-2-19-8(17)3-6-5-16-7(4-12)10(9(6)18)20-11(13,14)15/h5H,2-4H2,1H3,(H,16,18). The third kappa shape index (κ3) is 4.25. The molecule has 0 spiro atoms. The van der Waals surface area contributed by atoms with Crippen molar-refractivity contribution in [3.8, 4) is 5.75 Å². The number of hydrogen-bond donors (Lipinski definition) is 1. The van der Waals surface area contributed by atoms with Gasteiger partial charge in [0.05, 0.1) is 18.7 Å². The van der Waals surface area contributed by atoms with Crippen LogP contribution in [0.3, 0.4) is 0 Å². The molecule has 1 N–H and O–H groups in total. The van der Waals surface area contributed by atoms with E-state index in [1.807, 2.05) is 0 Å². The molecule has 0 aromatic carbocycles. The van der Waals surface area contributed by atoms with Gasteiger partial charge in [0, 0.05) is 11.8 Å². The van der Waals surface area contributed by atoms with Crippen molar-refractivity contribution < 1.29 is 31.8 Å². The highest BCUT2D eigenvalue weighted by atomic mass is 19.4. The minimum absolute atomic E-state index is 0.0607. The fraction of sp³-hybridized carbons (Fsp3) is 0.455. The summed E-state index contributed by atoms with van der Waals surface area (Å²) in [5.74, 6) is -1.99. The number of aromatic amines is 1. The fourth-order valence-corrected chi connectivity index (χ4v) is 1.41. The lowest BCUT2D eigenvalue weighted by Gasteiger charge is -2.12. The van der Waals surface area contributed by atoms with E-state index in [2.05, 4.69) is 14.5 Å². The molecule has 1 aromatic rings. The van der Waals surface area contributed by atoms with Crippen LogP contribution in [-0.2, 0) is 22.6 Å². The maximum Gasteiger partial charge on any atom is 0.573 e. The third-order valence-corrected chi connectivity index (χ3v) is 2.18. The molecule has 0 bridgehead atoms. The molecule has 1 aromatic heterocycles. The molecule has 1 heterocycles. The minimum Gasteiger partial charge on any atom is -0.466 e. The first kappa shape index (κ1) is 16.0. The molecule has 0 aliphatic heterocycles. The number of ether oxygens (including phenoxy) is 2. The molecule has 112 valence electrons. The van der Waals surface area contributed by atoms with Gasteiger partial charge in [-0.2, -0.15) is 0 Å². The first-order chi connectivity index (χ1) is 9.28. The number of pyridine rings is 1. The summed E-state index contributed by atoms with van der Waals surface area (Å²) in [6.45, 7) is 0.248. The van der Waals surface area contributed by atoms with E-state index in [0.29, 0.717) is 0 Å². The molecule has 5 nitrogen and oxygen atoms in total. The van der Waals surface area contributed by atoms with Gasteiger partial charge in [-0.1, -0.05) is 0 Å². The van der Waals surface area contributed by atoms with E-state index in [1.165, 1.54) is 6.92 Å². The van der Waals surface area contributed by atoms with Crippen LogP contribution in [0.5, 0.6) is 5.75 Å². The van der Waals surface area contributed by atoms with Gasteiger partial charge >= 0.3 is 12.3 Å². The van der Waals surface area contributed by atoms with Crippen molar-refractivity contribution in [1.82, 2.24) is 4.98 Å². The highest BCUT2D eigenvalue weighted by Crippen LogP contribution is 2.23. The zero-order valence-electron chi connectivity index (χ0n) is 10.3. The number of esters is 1. The van der Waals surface area contributed by atoms with Crippen molar-refractivity contribution >= 4 is 5.97 Å². The van der Waals surface area contributed by atoms with E-state index in [0.717, 1.165) is 6.20 Å². The summed E-state index contributed by atoms with van der Waals surface area (Å²) in [6.07, 6.45) is -4.72. The zero-order chi connectivity index (χ0) is 15.3. The lowest BCUT2D eigenvalue weighted by molar-refractivity contribution is -0.275. The second kappa shape index (κ2) is 6.40. The van der Waals surface area contributed by atoms with Crippen molar-refractivity contribution in [2.75, 3.05) is 6.61 Å². The molecule has 1 rings (SSSR count). The van der Waals surface area contributed by atoms with Gasteiger partial charge in [0.15, 0.2) is 5.75 Å². The van der Waals surface area contributed by atoms with Crippen LogP contribution in [0.15, 0.2) is 11.0 Å². The van der Waals surface area contributed by atoms with Crippen molar-refractivity contribution in [3.05, 3.63) is 27.7 Å². The Balaban J connectivity index is 3.14. The molecule has 0 aliphatic carbocycles. The van der Waals surface area contributed by atoms with E-state index in [4.69, 9.17) is 0 Å². The number of rotatable bonds is 5. The van der Waals surface area contributed by atoms with Crippen molar-refractivity contribution in [1.29, 1.82) is 0 Å². The SMILES string of the molecule is CCOC(=O)Cc1c[nH]c(CF)c(OC(F)(F)F)c1=O. The number of H-pyrrole nitrogens is 1. The number of nitrogens with one attached hydrogen (secondary N) is 1. The summed E-state index contributed by atoms with van der Waals surface area (Å²) in [7, 11) is 0. The molecule has 0 saturated heterocycles. The van der Waals surface area contributed by atoms with Gasteiger partial charge in [-0.3, -0.25) is 9.59 Å². The highest BCUT2D eigenvalue weighted by Gasteiger charge is 2.34. The highest BCUT2D eigenvalue weighted by molar-refractivity contribution is 5.72. The van der Waals surface area contributed by atoms with Crippen LogP contribution in [0.4, 0.5) is 17.6 Å². The lowest BCUT2D eigenvalue weighted by atomic mass is 10.1. The number of alkyl halides is 4. The Bertz CT molecular complexity index is 538. The quantitative estimate of drug-likeness (QED) is 0.665. The average Bonchev–Trinajstić information content (AvgIpc) is 2.33. The third-order valence-electron chi connectivity index (χ3n) is 2.18. The lowest BCUT2D eigenvalue weighted by Crippen LogP contribution is -2.26. The summed E-state index contributed by atoms with van der Waals surface area (Å²) in [5, 5.41) is 0. The smallest absolute Gasteiger partial charge is 0.466 e. The summed E-state index contributed by atoms with van der Waals surface area (Å²) < 4.78 is 57.1. The number of carbonyl (C=O) groups excluding carboxylic acids is 1. The van der Waals surface area contributed by atoms with E-state index >= 15 is 0 Å². The summed E-state index contributed by atoms with van der Waals surface area (Å²) in [4.78, 5) is 25.1. The largest absolute Gasteiger partial charge is 0.573 e. The van der Waals surface area contributed by atoms with E-state index < -0.39 is 42.3 Å². The van der Waals surface area contributed by atoms with Crippen LogP contribution < -0.4 is 10.2 Å². The molecular weight excluding hydrogens is 286 g/mol. The van der Waals surface area contributed by atoms with Crippen LogP contribution in [0.1, 0.15) is 18.2 Å². The topological polar surface area (TPSA) is 68.4 Å². The molecule has 9 heteroatoms. The van der Waals surface area contributed by atoms with Crippen molar-refractivity contribution in [3.63, 3.8) is 0 Å². The normalized spacial score (nSPS) is 11.2. The van der Waals surface area contributed by atoms with Gasteiger partial charge in [0.25, 0.3) is 0 Å². The minimum atomic E-state index is -5.14. The zero-order valence-corrected chi connectivity index (χ0v) is 10.3. The molecule has 0 amide bonds. The summed E-state index contributed by atoms with van der Waals surface area (Å²) >= 11 is 0. The molecule has 0 aliphatic rings. The maximum absolute atomic E-state index is 12.5. The van der Waals surface area contributed by atoms with E-state index in [9.17, 15) is 27.2 Å². The van der Waals surface area contributed by atoms with Gasteiger partial charge in [-0.05, 0) is 6.92 Å². The fourth-order valence-electron chi connectivity index (χ4n) is 1.41. The average molecular weight is 297 g/mol. The Morgan fingerprint density at radius 1 is 1.40 bits per heavy atom. The number of hydrogen-bond acceptors (Lipinski definition) is 4. The Labute approximate surface area is 110 Å². The van der Waals surface area contributed by atoms with Gasteiger partial charge in [-0.25, -0.2) is 4.39 Å². The summed E-state index contributed by atoms with van der Waals surface area (Å²) in [5.41, 5.74) is -2.17. The summed E-state index contributed by atoms with van der Waals surface area (Å²) in [6, 6.07) is 0. The van der Waals surface area contributed by atoms with Gasteiger partial charge in [0.2, 0.25) is 5.43 Å². The van der Waals surface area contributed by atoms with E-state index in [-0.39, 0.29) is 12.2 Å². The Kier molecular flexibility index (Phi) is 5.12. The predicted molar refractivity (Wildman–Crippen MR) is 58.9 cm³/mol. The predicted octanol–water partition coefficient (Wildman–Crippen LogP) is 1.85. The van der Waals surface area contributed by atoms with E-state index in [1.54, 1.807) is 0 Å². The molecule has 0 saturated carbocycles. The number of halogens is 4. The first-order valence-corrected chi connectivity index (χ1v) is 5.49. The number of carbonyl (C=O) groups is 1. The number of aromatic nitrogens is 1. The van der Waals surface area contributed by atoms with Gasteiger partial charge in [0.1, 0.15) is 6.67 Å². The molecule has 0 radical (unpaired) electrons. The van der Waals surface area contributed by atoms with Crippen LogP contribution >= 0.6 is 0 Å². The van der Waals surface area contributed by atoms with Gasteiger partial charge < -0.3 is 14.5 Å². The van der Waals surface area contributed by atoms with Crippen LogP contribution in [0, 0.1) is 0 Å². The van der Waals surface area contributed by atoms with Crippen molar-refractivity contribution in [2.45, 2.75) is 26.4 Å². The Hall–Kier alpha value is -2.06. The molecule has 0 atom stereocenters. The second-order valence-electron chi connectivity index (χ2n) is 3.61. The van der Waals surface area contributed by atoms with Crippen molar-refractivity contribution in [2.24, 2.45) is 0 Å².